The van der Waals surface area contributed by atoms with Gasteiger partial charge in [0.05, 0.1) is 13.4 Å². The molecule has 0 bridgehead atoms. The summed E-state index contributed by atoms with van der Waals surface area (Å²) < 4.78 is 10.6. The lowest BCUT2D eigenvalue weighted by Gasteiger charge is -2.19. The number of methoxy groups -OCH3 is 1. The Bertz CT molecular complexity index is 689. The van der Waals surface area contributed by atoms with E-state index >= 15 is 0 Å². The van der Waals surface area contributed by atoms with Crippen molar-refractivity contribution in [3.63, 3.8) is 0 Å². The van der Waals surface area contributed by atoms with Gasteiger partial charge in [0.1, 0.15) is 11.5 Å². The van der Waals surface area contributed by atoms with Crippen molar-refractivity contribution in [3.05, 3.63) is 53.8 Å². The number of phenols is 2. The molecule has 0 saturated carbocycles. The number of benzene rings is 2. The summed E-state index contributed by atoms with van der Waals surface area (Å²) in [6.07, 6.45) is 2.20. The van der Waals surface area contributed by atoms with Gasteiger partial charge in [-0.05, 0) is 12.1 Å². The van der Waals surface area contributed by atoms with Crippen molar-refractivity contribution in [1.29, 1.82) is 0 Å². The van der Waals surface area contributed by atoms with E-state index < -0.39 is 0 Å². The maximum absolute atomic E-state index is 9.89. The van der Waals surface area contributed by atoms with Crippen LogP contribution in [0.3, 0.4) is 0 Å². The summed E-state index contributed by atoms with van der Waals surface area (Å²) in [6, 6.07) is 10.4. The first-order chi connectivity index (χ1) is 9.69. The van der Waals surface area contributed by atoms with Crippen molar-refractivity contribution in [2.24, 2.45) is 0 Å². The van der Waals surface area contributed by atoms with Crippen LogP contribution >= 0.6 is 0 Å². The number of phenolic OH excluding ortho intramolecular Hbond substituents is 2. The molecule has 0 amide bonds. The molecule has 102 valence electrons. The van der Waals surface area contributed by atoms with Gasteiger partial charge in [-0.15, -0.1) is 0 Å². The lowest BCUT2D eigenvalue weighted by atomic mass is 9.96. The molecule has 2 aromatic carbocycles. The molecule has 0 fully saturated rings. The minimum absolute atomic E-state index is 0.0469. The average molecular weight is 270 g/mol. The number of hydrogen-bond acceptors (Lipinski definition) is 4. The highest BCUT2D eigenvalue weighted by molar-refractivity contribution is 5.74. The van der Waals surface area contributed by atoms with Gasteiger partial charge < -0.3 is 19.7 Å². The summed E-state index contributed by atoms with van der Waals surface area (Å²) in [5.41, 5.74) is 2.52. The van der Waals surface area contributed by atoms with E-state index in [0.29, 0.717) is 17.9 Å². The van der Waals surface area contributed by atoms with E-state index in [0.717, 1.165) is 16.7 Å². The smallest absolute Gasteiger partial charge is 0.161 e. The zero-order chi connectivity index (χ0) is 14.1. The van der Waals surface area contributed by atoms with E-state index in [9.17, 15) is 10.2 Å². The normalized spacial score (nSPS) is 13.2. The van der Waals surface area contributed by atoms with E-state index in [2.05, 4.69) is 0 Å². The maximum Gasteiger partial charge on any atom is 0.161 e. The van der Waals surface area contributed by atoms with Gasteiger partial charge in [0.15, 0.2) is 11.5 Å². The summed E-state index contributed by atoms with van der Waals surface area (Å²) in [6.45, 7) is 0. The number of ether oxygens (including phenoxy) is 2. The molecule has 0 spiro atoms. The van der Waals surface area contributed by atoms with Gasteiger partial charge in [-0.1, -0.05) is 18.2 Å². The number of aromatic hydroxyl groups is 2. The molecule has 0 radical (unpaired) electrons. The van der Waals surface area contributed by atoms with E-state index in [1.807, 2.05) is 12.1 Å². The zero-order valence-electron chi connectivity index (χ0n) is 11.0. The summed E-state index contributed by atoms with van der Waals surface area (Å²) in [4.78, 5) is 0. The molecule has 2 aromatic rings. The molecular weight excluding hydrogens is 256 g/mol. The molecule has 3 rings (SSSR count). The van der Waals surface area contributed by atoms with Crippen LogP contribution in [0.5, 0.6) is 23.0 Å². The molecule has 20 heavy (non-hydrogen) atoms. The molecule has 4 heteroatoms. The largest absolute Gasteiger partial charge is 0.507 e. The predicted octanol–water partition coefficient (Wildman–Crippen LogP) is 3.08. The van der Waals surface area contributed by atoms with Gasteiger partial charge >= 0.3 is 0 Å². The first-order valence-electron chi connectivity index (χ1n) is 6.23. The fraction of sp³-hybridized carbons (Fsp3) is 0.125. The Morgan fingerprint density at radius 1 is 1.10 bits per heavy atom. The fourth-order valence-corrected chi connectivity index (χ4v) is 2.29. The second kappa shape index (κ2) is 4.81. The van der Waals surface area contributed by atoms with E-state index in [1.54, 1.807) is 24.5 Å². The van der Waals surface area contributed by atoms with Crippen LogP contribution in [0, 0.1) is 0 Å². The van der Waals surface area contributed by atoms with Crippen LogP contribution in [0.15, 0.2) is 42.7 Å². The standard InChI is InChI=1S/C16H14O4/c1-19-16-7-10-6-11(9-20-15(10)8-14(16)18)12-4-2-3-5-13(12)17/h2-5,7-9,17-18H,6H2,1H3. The average Bonchev–Trinajstić information content (AvgIpc) is 2.46. The summed E-state index contributed by atoms with van der Waals surface area (Å²) in [7, 11) is 1.50. The van der Waals surface area contributed by atoms with E-state index in [4.69, 9.17) is 9.47 Å². The fourth-order valence-electron chi connectivity index (χ4n) is 2.29. The van der Waals surface area contributed by atoms with Crippen LogP contribution in [-0.2, 0) is 6.42 Å². The van der Waals surface area contributed by atoms with Crippen LogP contribution in [0.2, 0.25) is 0 Å². The van der Waals surface area contributed by atoms with Gasteiger partial charge in [-0.2, -0.15) is 0 Å². The molecule has 1 aliphatic rings. The third kappa shape index (κ3) is 2.05. The third-order valence-electron chi connectivity index (χ3n) is 3.32. The van der Waals surface area contributed by atoms with Crippen molar-refractivity contribution < 1.29 is 19.7 Å². The Labute approximate surface area is 116 Å². The van der Waals surface area contributed by atoms with Crippen LogP contribution in [0.25, 0.3) is 5.57 Å². The highest BCUT2D eigenvalue weighted by atomic mass is 16.5. The molecule has 1 aliphatic heterocycles. The monoisotopic (exact) mass is 270 g/mol. The second-order valence-electron chi connectivity index (χ2n) is 4.59. The van der Waals surface area contributed by atoms with Gasteiger partial charge in [0.2, 0.25) is 0 Å². The predicted molar refractivity (Wildman–Crippen MR) is 75.1 cm³/mol. The first-order valence-corrected chi connectivity index (χ1v) is 6.23. The summed E-state index contributed by atoms with van der Waals surface area (Å²) in [5, 5.41) is 19.6. The molecule has 0 saturated heterocycles. The van der Waals surface area contributed by atoms with Crippen molar-refractivity contribution in [1.82, 2.24) is 0 Å². The Morgan fingerprint density at radius 3 is 2.65 bits per heavy atom. The minimum atomic E-state index is 0.0469. The molecular formula is C16H14O4. The molecule has 4 nitrogen and oxygen atoms in total. The zero-order valence-corrected chi connectivity index (χ0v) is 11.0. The van der Waals surface area contributed by atoms with Crippen molar-refractivity contribution >= 4 is 5.57 Å². The van der Waals surface area contributed by atoms with Crippen LogP contribution in [0.4, 0.5) is 0 Å². The Balaban J connectivity index is 1.99. The number of rotatable bonds is 2. The van der Waals surface area contributed by atoms with Gasteiger partial charge in [-0.25, -0.2) is 0 Å². The molecule has 0 atom stereocenters. The van der Waals surface area contributed by atoms with Gasteiger partial charge in [0.25, 0.3) is 0 Å². The lowest BCUT2D eigenvalue weighted by Crippen LogP contribution is -2.03. The SMILES string of the molecule is COc1cc2c(cc1O)OC=C(c1ccccc1O)C2. The Hall–Kier alpha value is -2.62. The molecule has 0 aromatic heterocycles. The number of para-hydroxylation sites is 1. The molecule has 0 aliphatic carbocycles. The van der Waals surface area contributed by atoms with Crippen molar-refractivity contribution in [3.8, 4) is 23.0 Å². The number of hydrogen-bond donors (Lipinski definition) is 2. The van der Waals surface area contributed by atoms with Crippen LogP contribution < -0.4 is 9.47 Å². The Kier molecular flexibility index (Phi) is 2.99. The van der Waals surface area contributed by atoms with E-state index in [-0.39, 0.29) is 11.5 Å². The van der Waals surface area contributed by atoms with Gasteiger partial charge in [-0.3, -0.25) is 0 Å². The van der Waals surface area contributed by atoms with Crippen molar-refractivity contribution in [2.75, 3.05) is 7.11 Å². The summed E-state index contributed by atoms with van der Waals surface area (Å²) >= 11 is 0. The highest BCUT2D eigenvalue weighted by Crippen LogP contribution is 2.40. The second-order valence-corrected chi connectivity index (χ2v) is 4.59. The van der Waals surface area contributed by atoms with E-state index in [1.165, 1.54) is 13.2 Å². The number of fused-ring (bicyclic) bond motifs is 1. The van der Waals surface area contributed by atoms with Crippen LogP contribution in [0.1, 0.15) is 11.1 Å². The van der Waals surface area contributed by atoms with Crippen molar-refractivity contribution in [2.45, 2.75) is 6.42 Å². The Morgan fingerprint density at radius 2 is 1.90 bits per heavy atom. The summed E-state index contributed by atoms with van der Waals surface area (Å²) in [5.74, 6) is 1.27. The lowest BCUT2D eigenvalue weighted by molar-refractivity contribution is 0.368. The topological polar surface area (TPSA) is 58.9 Å². The number of allylic oxidation sites excluding steroid dienone is 1. The third-order valence-corrected chi connectivity index (χ3v) is 3.32. The maximum atomic E-state index is 9.89. The molecule has 1 heterocycles. The quantitative estimate of drug-likeness (QED) is 0.880. The molecule has 2 N–H and O–H groups in total. The molecule has 0 unspecified atom stereocenters. The minimum Gasteiger partial charge on any atom is -0.507 e. The highest BCUT2D eigenvalue weighted by Gasteiger charge is 2.18. The van der Waals surface area contributed by atoms with Gasteiger partial charge in [0, 0.05) is 29.2 Å². The first kappa shape index (κ1) is 12.4. The van der Waals surface area contributed by atoms with Crippen LogP contribution in [-0.4, -0.2) is 17.3 Å².